The highest BCUT2D eigenvalue weighted by Crippen LogP contribution is 2.38. The van der Waals surface area contributed by atoms with Crippen LogP contribution < -0.4 is 0 Å². The number of allylic oxidation sites excluding steroid dienone is 1. The van der Waals surface area contributed by atoms with E-state index >= 15 is 0 Å². The maximum Gasteiger partial charge on any atom is 0.290 e. The summed E-state index contributed by atoms with van der Waals surface area (Å²) >= 11 is 3.42. The molecule has 1 unspecified atom stereocenters. The van der Waals surface area contributed by atoms with Gasteiger partial charge in [0, 0.05) is 11.0 Å². The van der Waals surface area contributed by atoms with Crippen LogP contribution in [0.25, 0.3) is 6.08 Å². The standard InChI is InChI=1S/C24H25BrN2O3/c1-26(2)15-6-16-27-22(18-10-12-19(25)13-11-18)21(23(29)24(27)30)20(28)14-9-17-7-4-3-5-8-17/h3-5,7-14,22,29H,6,15-16H2,1-2H3. The molecule has 0 radical (unpaired) electrons. The molecule has 1 aliphatic heterocycles. The van der Waals surface area contributed by atoms with Gasteiger partial charge in [-0.05, 0) is 56.4 Å². The van der Waals surface area contributed by atoms with Crippen LogP contribution in [0, 0.1) is 0 Å². The number of rotatable bonds is 8. The molecule has 2 aromatic rings. The molecule has 0 aliphatic carbocycles. The lowest BCUT2D eigenvalue weighted by molar-refractivity contribution is -0.129. The second-order valence-corrected chi connectivity index (χ2v) is 8.40. The average molecular weight is 469 g/mol. The van der Waals surface area contributed by atoms with Crippen molar-refractivity contribution in [3.63, 3.8) is 0 Å². The average Bonchev–Trinajstić information content (AvgIpc) is 2.98. The first-order valence-corrected chi connectivity index (χ1v) is 10.6. The molecule has 1 atom stereocenters. The third-order valence-corrected chi connectivity index (χ3v) is 5.51. The molecule has 1 N–H and O–H groups in total. The molecule has 0 saturated heterocycles. The van der Waals surface area contributed by atoms with Crippen LogP contribution in [-0.4, -0.2) is 53.8 Å². The van der Waals surface area contributed by atoms with E-state index in [0.29, 0.717) is 6.54 Å². The van der Waals surface area contributed by atoms with Crippen molar-refractivity contribution < 1.29 is 14.7 Å². The van der Waals surface area contributed by atoms with Gasteiger partial charge in [0.05, 0.1) is 11.6 Å². The molecule has 1 amide bonds. The van der Waals surface area contributed by atoms with Crippen molar-refractivity contribution >= 4 is 33.7 Å². The van der Waals surface area contributed by atoms with E-state index in [1.165, 1.54) is 6.08 Å². The Labute approximate surface area is 185 Å². The van der Waals surface area contributed by atoms with Crippen molar-refractivity contribution in [2.45, 2.75) is 12.5 Å². The second kappa shape index (κ2) is 9.87. The van der Waals surface area contributed by atoms with Crippen molar-refractivity contribution in [1.82, 2.24) is 9.80 Å². The number of ketones is 1. The van der Waals surface area contributed by atoms with E-state index < -0.39 is 17.7 Å². The summed E-state index contributed by atoms with van der Waals surface area (Å²) in [7, 11) is 3.94. The van der Waals surface area contributed by atoms with Gasteiger partial charge in [-0.15, -0.1) is 0 Å². The predicted molar refractivity (Wildman–Crippen MR) is 122 cm³/mol. The molecule has 1 aliphatic rings. The third kappa shape index (κ3) is 5.07. The van der Waals surface area contributed by atoms with Crippen LogP contribution in [0.3, 0.4) is 0 Å². The van der Waals surface area contributed by atoms with E-state index in [1.54, 1.807) is 11.0 Å². The van der Waals surface area contributed by atoms with Gasteiger partial charge in [-0.3, -0.25) is 9.59 Å². The van der Waals surface area contributed by atoms with E-state index in [-0.39, 0.29) is 11.4 Å². The van der Waals surface area contributed by atoms with E-state index in [1.807, 2.05) is 73.6 Å². The number of carbonyl (C=O) groups excluding carboxylic acids is 2. The number of halogens is 1. The van der Waals surface area contributed by atoms with Gasteiger partial charge >= 0.3 is 0 Å². The number of aliphatic hydroxyl groups is 1. The van der Waals surface area contributed by atoms with Crippen LogP contribution >= 0.6 is 15.9 Å². The molecular formula is C24H25BrN2O3. The zero-order valence-electron chi connectivity index (χ0n) is 17.1. The molecule has 30 heavy (non-hydrogen) atoms. The molecular weight excluding hydrogens is 444 g/mol. The minimum atomic E-state index is -0.610. The summed E-state index contributed by atoms with van der Waals surface area (Å²) in [6, 6.07) is 16.3. The summed E-state index contributed by atoms with van der Waals surface area (Å²) in [5.41, 5.74) is 1.79. The first-order valence-electron chi connectivity index (χ1n) is 9.80. The molecule has 1 heterocycles. The molecule has 2 aromatic carbocycles. The van der Waals surface area contributed by atoms with E-state index in [4.69, 9.17) is 0 Å². The number of benzene rings is 2. The summed E-state index contributed by atoms with van der Waals surface area (Å²) in [5, 5.41) is 10.6. The zero-order chi connectivity index (χ0) is 21.7. The fourth-order valence-corrected chi connectivity index (χ4v) is 3.78. The number of hydrogen-bond acceptors (Lipinski definition) is 4. The predicted octanol–water partition coefficient (Wildman–Crippen LogP) is 4.38. The molecule has 3 rings (SSSR count). The highest BCUT2D eigenvalue weighted by molar-refractivity contribution is 9.10. The molecule has 0 aromatic heterocycles. The summed E-state index contributed by atoms with van der Waals surface area (Å²) < 4.78 is 0.903. The molecule has 5 nitrogen and oxygen atoms in total. The highest BCUT2D eigenvalue weighted by atomic mass is 79.9. The van der Waals surface area contributed by atoms with Gasteiger partial charge in [0.1, 0.15) is 0 Å². The van der Waals surface area contributed by atoms with Crippen molar-refractivity contribution in [2.24, 2.45) is 0 Å². The van der Waals surface area contributed by atoms with Crippen molar-refractivity contribution in [1.29, 1.82) is 0 Å². The van der Waals surface area contributed by atoms with E-state index in [2.05, 4.69) is 15.9 Å². The smallest absolute Gasteiger partial charge is 0.290 e. The van der Waals surface area contributed by atoms with Crippen LogP contribution in [0.2, 0.25) is 0 Å². The van der Waals surface area contributed by atoms with Crippen LogP contribution in [0.1, 0.15) is 23.6 Å². The number of amides is 1. The fraction of sp³-hybridized carbons (Fsp3) is 0.250. The number of carbonyl (C=O) groups is 2. The Morgan fingerprint density at radius 2 is 1.80 bits per heavy atom. The minimum absolute atomic E-state index is 0.124. The van der Waals surface area contributed by atoms with Crippen molar-refractivity contribution in [2.75, 3.05) is 27.2 Å². The van der Waals surface area contributed by atoms with Crippen LogP contribution in [0.4, 0.5) is 0 Å². The van der Waals surface area contributed by atoms with Gasteiger partial charge in [0.15, 0.2) is 11.5 Å². The molecule has 6 heteroatoms. The van der Waals surface area contributed by atoms with Gasteiger partial charge in [-0.2, -0.15) is 0 Å². The molecule has 0 saturated carbocycles. The SMILES string of the molecule is CN(C)CCCN1C(=O)C(O)=C(C(=O)C=Cc2ccccc2)C1c1ccc(Br)cc1. The zero-order valence-corrected chi connectivity index (χ0v) is 18.7. The van der Waals surface area contributed by atoms with Crippen LogP contribution in [0.5, 0.6) is 0 Å². The quantitative estimate of drug-likeness (QED) is 0.583. The van der Waals surface area contributed by atoms with Gasteiger partial charge < -0.3 is 14.9 Å². The molecule has 0 bridgehead atoms. The van der Waals surface area contributed by atoms with Gasteiger partial charge in [-0.25, -0.2) is 0 Å². The van der Waals surface area contributed by atoms with Crippen LogP contribution in [0.15, 0.2) is 76.5 Å². The van der Waals surface area contributed by atoms with E-state index in [0.717, 1.165) is 28.6 Å². The minimum Gasteiger partial charge on any atom is -0.503 e. The fourth-order valence-electron chi connectivity index (χ4n) is 3.51. The number of hydrogen-bond donors (Lipinski definition) is 1. The summed E-state index contributed by atoms with van der Waals surface area (Å²) in [6.07, 6.45) is 3.85. The topological polar surface area (TPSA) is 60.9 Å². The van der Waals surface area contributed by atoms with Crippen molar-refractivity contribution in [3.05, 3.63) is 87.6 Å². The maximum absolute atomic E-state index is 13.1. The largest absolute Gasteiger partial charge is 0.503 e. The Kier molecular flexibility index (Phi) is 7.24. The normalized spacial score (nSPS) is 16.9. The number of aliphatic hydroxyl groups excluding tert-OH is 1. The lowest BCUT2D eigenvalue weighted by Gasteiger charge is -2.27. The summed E-state index contributed by atoms with van der Waals surface area (Å²) in [6.45, 7) is 1.25. The number of nitrogens with zero attached hydrogens (tertiary/aromatic N) is 2. The Morgan fingerprint density at radius 1 is 1.13 bits per heavy atom. The summed E-state index contributed by atoms with van der Waals surface area (Å²) in [4.78, 5) is 29.5. The first-order chi connectivity index (χ1) is 14.4. The first kappa shape index (κ1) is 22.0. The lowest BCUT2D eigenvalue weighted by Crippen LogP contribution is -2.33. The van der Waals surface area contributed by atoms with Gasteiger partial charge in [0.2, 0.25) is 0 Å². The monoisotopic (exact) mass is 468 g/mol. The Hall–Kier alpha value is -2.70. The van der Waals surface area contributed by atoms with Gasteiger partial charge in [0.25, 0.3) is 5.91 Å². The molecule has 0 spiro atoms. The lowest BCUT2D eigenvalue weighted by atomic mass is 9.95. The molecule has 0 fully saturated rings. The maximum atomic E-state index is 13.1. The van der Waals surface area contributed by atoms with Gasteiger partial charge in [-0.1, -0.05) is 64.5 Å². The van der Waals surface area contributed by atoms with Crippen LogP contribution in [-0.2, 0) is 9.59 Å². The Balaban J connectivity index is 1.93. The molecule has 156 valence electrons. The van der Waals surface area contributed by atoms with Crippen molar-refractivity contribution in [3.8, 4) is 0 Å². The highest BCUT2D eigenvalue weighted by Gasteiger charge is 2.42. The Morgan fingerprint density at radius 3 is 2.43 bits per heavy atom. The van der Waals surface area contributed by atoms with E-state index in [9.17, 15) is 14.7 Å². The Bertz CT molecular complexity index is 966. The third-order valence-electron chi connectivity index (χ3n) is 4.99. The summed E-state index contributed by atoms with van der Waals surface area (Å²) in [5.74, 6) is -1.33. The second-order valence-electron chi connectivity index (χ2n) is 7.48.